The van der Waals surface area contributed by atoms with Gasteiger partial charge in [0.15, 0.2) is 0 Å². The molecular formula is C28H43N5O6. The molecule has 39 heavy (non-hydrogen) atoms. The zero-order valence-corrected chi connectivity index (χ0v) is 23.4. The van der Waals surface area contributed by atoms with Gasteiger partial charge in [-0.25, -0.2) is 0 Å². The number of carbonyl (C=O) groups excluding carboxylic acids is 3. The summed E-state index contributed by atoms with van der Waals surface area (Å²) < 4.78 is 4.80. The molecule has 1 saturated heterocycles. The molecule has 0 bridgehead atoms. The topological polar surface area (TPSA) is 175 Å². The highest BCUT2D eigenvalue weighted by atomic mass is 16.6. The Morgan fingerprint density at radius 1 is 1.10 bits per heavy atom. The minimum absolute atomic E-state index is 0.0109. The van der Waals surface area contributed by atoms with Crippen LogP contribution in [0.4, 0.5) is 0 Å². The van der Waals surface area contributed by atoms with Crippen LogP contribution in [0, 0.1) is 11.3 Å². The number of esters is 1. The zero-order valence-electron chi connectivity index (χ0n) is 23.4. The van der Waals surface area contributed by atoms with Crippen LogP contribution in [0.3, 0.4) is 0 Å². The van der Waals surface area contributed by atoms with Crippen LogP contribution >= 0.6 is 0 Å². The fourth-order valence-electron chi connectivity index (χ4n) is 4.76. The van der Waals surface area contributed by atoms with Crippen molar-refractivity contribution in [1.29, 1.82) is 5.41 Å². The quantitative estimate of drug-likeness (QED) is 0.178. The number of rotatable bonds is 9. The third-order valence-electron chi connectivity index (χ3n) is 6.65. The molecule has 1 aliphatic heterocycles. The Kier molecular flexibility index (Phi) is 11.9. The normalized spacial score (nSPS) is 18.1. The Morgan fingerprint density at radius 3 is 2.15 bits per heavy atom. The van der Waals surface area contributed by atoms with Crippen molar-refractivity contribution in [2.24, 2.45) is 11.7 Å². The number of carbonyl (C=O) groups is 4. The highest BCUT2D eigenvalue weighted by molar-refractivity contribution is 5.95. The van der Waals surface area contributed by atoms with Crippen LogP contribution in [0.1, 0.15) is 77.3 Å². The van der Waals surface area contributed by atoms with Crippen LogP contribution in [-0.4, -0.2) is 70.4 Å². The maximum atomic E-state index is 13.2. The van der Waals surface area contributed by atoms with Crippen molar-refractivity contribution in [2.75, 3.05) is 13.1 Å². The molecule has 11 heteroatoms. The second kappa shape index (κ2) is 14.6. The minimum Gasteiger partial charge on any atom is -0.480 e. The molecule has 1 heterocycles. The number of hydrogen-bond donors (Lipinski definition) is 5. The van der Waals surface area contributed by atoms with Crippen molar-refractivity contribution in [1.82, 2.24) is 15.5 Å². The van der Waals surface area contributed by atoms with Crippen LogP contribution in [-0.2, 0) is 30.5 Å². The van der Waals surface area contributed by atoms with Crippen LogP contribution in [0.15, 0.2) is 24.3 Å². The number of carboxylic acids is 1. The van der Waals surface area contributed by atoms with Gasteiger partial charge >= 0.3 is 11.9 Å². The molecule has 2 fully saturated rings. The lowest BCUT2D eigenvalue weighted by Crippen LogP contribution is -2.63. The molecule has 2 aliphatic rings. The van der Waals surface area contributed by atoms with Crippen molar-refractivity contribution in [3.63, 3.8) is 0 Å². The molecule has 11 nitrogen and oxygen atoms in total. The summed E-state index contributed by atoms with van der Waals surface area (Å²) in [6.45, 7) is 7.48. The minimum atomic E-state index is -0.998. The van der Waals surface area contributed by atoms with E-state index in [-0.39, 0.29) is 41.7 Å². The van der Waals surface area contributed by atoms with Gasteiger partial charge in [-0.1, -0.05) is 43.5 Å². The molecule has 0 radical (unpaired) electrons. The number of hydrogen-bond acceptors (Lipinski definition) is 7. The van der Waals surface area contributed by atoms with E-state index < -0.39 is 18.1 Å². The van der Waals surface area contributed by atoms with Gasteiger partial charge in [-0.2, -0.15) is 0 Å². The molecular weight excluding hydrogens is 502 g/mol. The molecule has 6 N–H and O–H groups in total. The van der Waals surface area contributed by atoms with Crippen LogP contribution in [0.5, 0.6) is 0 Å². The number of nitrogens with one attached hydrogen (secondary N) is 3. The van der Waals surface area contributed by atoms with E-state index in [1.54, 1.807) is 29.2 Å². The molecule has 3 rings (SSSR count). The number of likely N-dealkylation sites (tertiary alicyclic amines) is 1. The monoisotopic (exact) mass is 545 g/mol. The van der Waals surface area contributed by atoms with Gasteiger partial charge in [0.1, 0.15) is 17.5 Å². The molecule has 0 unspecified atom stereocenters. The molecule has 0 aromatic heterocycles. The maximum absolute atomic E-state index is 13.2. The predicted molar refractivity (Wildman–Crippen MR) is 147 cm³/mol. The van der Waals surface area contributed by atoms with Crippen molar-refractivity contribution in [3.05, 3.63) is 35.4 Å². The summed E-state index contributed by atoms with van der Waals surface area (Å²) in [7, 11) is 0. The van der Waals surface area contributed by atoms with Gasteiger partial charge < -0.3 is 25.8 Å². The summed E-state index contributed by atoms with van der Waals surface area (Å²) in [5, 5.41) is 22.3. The van der Waals surface area contributed by atoms with E-state index in [0.717, 1.165) is 37.7 Å². The molecule has 1 aromatic rings. The van der Waals surface area contributed by atoms with E-state index in [1.807, 2.05) is 20.8 Å². The Bertz CT molecular complexity index is 1010. The molecule has 2 atom stereocenters. The lowest BCUT2D eigenvalue weighted by molar-refractivity contribution is -0.152. The summed E-state index contributed by atoms with van der Waals surface area (Å²) in [5.41, 5.74) is 6.61. The van der Waals surface area contributed by atoms with Crippen LogP contribution in [0.25, 0.3) is 0 Å². The molecule has 2 amide bonds. The number of amides is 2. The third-order valence-corrected chi connectivity index (χ3v) is 6.65. The first-order chi connectivity index (χ1) is 18.3. The maximum Gasteiger partial charge on any atom is 0.317 e. The van der Waals surface area contributed by atoms with Gasteiger partial charge in [0.25, 0.3) is 0 Å². The zero-order chi connectivity index (χ0) is 29.2. The fourth-order valence-corrected chi connectivity index (χ4v) is 4.76. The number of nitrogen functional groups attached to an aromatic ring is 1. The highest BCUT2D eigenvalue weighted by Crippen LogP contribution is 2.29. The first-order valence-electron chi connectivity index (χ1n) is 13.4. The first kappa shape index (κ1) is 31.7. The molecule has 0 spiro atoms. The number of aliphatic carboxylic acids is 1. The Balaban J connectivity index is 0.000000580. The van der Waals surface area contributed by atoms with E-state index in [9.17, 15) is 19.2 Å². The predicted octanol–water partition coefficient (Wildman–Crippen LogP) is 2.16. The van der Waals surface area contributed by atoms with E-state index >= 15 is 0 Å². The highest BCUT2D eigenvalue weighted by Gasteiger charge is 2.42. The SMILES string of the molecule is CC(=O)OC(C)(C)C.N=C(N)c1ccc(CNC(=O)[C@@H]2CCN2C(=O)[C@H](NCC(=O)O)C2CCCCC2)cc1. The fraction of sp³-hybridized carbons (Fsp3) is 0.607. The standard InChI is InChI=1S/C22H31N5O4.C6H12O2/c23-20(24)16-8-6-14(7-9-16)12-26-21(30)17-10-11-27(17)22(31)19(25-13-18(28)29)15-4-2-1-3-5-15;1-5(7)8-6(2,3)4/h6-9,15,17,19,25H,1-5,10-13H2,(H3,23,24)(H,26,30)(H,28,29);1-4H3/t17-,19+;/m0./s1. The van der Waals surface area contributed by atoms with Gasteiger partial charge in [0.2, 0.25) is 11.8 Å². The van der Waals surface area contributed by atoms with Crippen molar-refractivity contribution >= 4 is 29.6 Å². The Hall–Kier alpha value is -3.47. The van der Waals surface area contributed by atoms with Crippen LogP contribution < -0.4 is 16.4 Å². The van der Waals surface area contributed by atoms with Gasteiger partial charge in [-0.3, -0.25) is 29.9 Å². The third kappa shape index (κ3) is 10.7. The van der Waals surface area contributed by atoms with Gasteiger partial charge in [-0.05, 0) is 51.5 Å². The van der Waals surface area contributed by atoms with Gasteiger partial charge in [0.05, 0.1) is 12.6 Å². The van der Waals surface area contributed by atoms with Crippen molar-refractivity contribution in [2.45, 2.75) is 90.4 Å². The van der Waals surface area contributed by atoms with Gasteiger partial charge in [-0.15, -0.1) is 0 Å². The number of ether oxygens (including phenoxy) is 1. The summed E-state index contributed by atoms with van der Waals surface area (Å²) in [6.07, 6.45) is 5.59. The summed E-state index contributed by atoms with van der Waals surface area (Å²) in [5.74, 6) is -1.52. The van der Waals surface area contributed by atoms with E-state index in [4.69, 9.17) is 21.0 Å². The second-order valence-electron chi connectivity index (χ2n) is 11.0. The summed E-state index contributed by atoms with van der Waals surface area (Å²) >= 11 is 0. The molecule has 216 valence electrons. The Morgan fingerprint density at radius 2 is 1.72 bits per heavy atom. The van der Waals surface area contributed by atoms with Gasteiger partial charge in [0, 0.05) is 25.6 Å². The van der Waals surface area contributed by atoms with E-state index in [2.05, 4.69) is 10.6 Å². The summed E-state index contributed by atoms with van der Waals surface area (Å²) in [6, 6.07) is 5.97. The van der Waals surface area contributed by atoms with Crippen LogP contribution in [0.2, 0.25) is 0 Å². The number of benzene rings is 1. The average molecular weight is 546 g/mol. The smallest absolute Gasteiger partial charge is 0.317 e. The van der Waals surface area contributed by atoms with E-state index in [1.165, 1.54) is 6.92 Å². The first-order valence-corrected chi connectivity index (χ1v) is 13.4. The average Bonchev–Trinajstić information content (AvgIpc) is 2.82. The van der Waals surface area contributed by atoms with Crippen molar-refractivity contribution in [3.8, 4) is 0 Å². The van der Waals surface area contributed by atoms with E-state index in [0.29, 0.717) is 25.1 Å². The lowest BCUT2D eigenvalue weighted by Gasteiger charge is -2.43. The Labute approximate surface area is 230 Å². The van der Waals surface area contributed by atoms with Crippen molar-refractivity contribution < 1.29 is 29.0 Å². The number of nitrogens with zero attached hydrogens (tertiary/aromatic N) is 1. The number of nitrogens with two attached hydrogens (primary N) is 1. The number of amidine groups is 1. The summed E-state index contributed by atoms with van der Waals surface area (Å²) in [4.78, 5) is 48.7. The molecule has 1 aliphatic carbocycles. The molecule has 1 aromatic carbocycles. The lowest BCUT2D eigenvalue weighted by atomic mass is 9.82. The number of carboxylic acid groups (broad SMARTS) is 1. The molecule has 1 saturated carbocycles. The second-order valence-corrected chi connectivity index (χ2v) is 11.0. The largest absolute Gasteiger partial charge is 0.480 e.